The van der Waals surface area contributed by atoms with Gasteiger partial charge < -0.3 is 65.1 Å². The molecule has 0 bridgehead atoms. The fourth-order valence-corrected chi connectivity index (χ4v) is 11.1. The Balaban J connectivity index is 1.66. The monoisotopic (exact) mass is 1250 g/mol. The van der Waals surface area contributed by atoms with Crippen molar-refractivity contribution >= 4 is 5.91 Å². The lowest BCUT2D eigenvalue weighted by Crippen LogP contribution is -2.65. The Bertz CT molecular complexity index is 1910. The van der Waals surface area contributed by atoms with E-state index in [1.807, 2.05) is 6.08 Å². The van der Waals surface area contributed by atoms with Crippen LogP contribution in [0.3, 0.4) is 0 Å². The van der Waals surface area contributed by atoms with E-state index in [4.69, 9.17) is 18.9 Å². The van der Waals surface area contributed by atoms with Gasteiger partial charge in [-0.15, -0.1) is 0 Å². The molecule has 0 saturated carbocycles. The molecular formula is C75H129NO13. The van der Waals surface area contributed by atoms with Crippen LogP contribution in [0.4, 0.5) is 0 Å². The second kappa shape index (κ2) is 58.5. The third kappa shape index (κ3) is 42.5. The van der Waals surface area contributed by atoms with Crippen molar-refractivity contribution in [2.45, 2.75) is 338 Å². The molecule has 2 aliphatic rings. The van der Waals surface area contributed by atoms with Crippen LogP contribution in [0.5, 0.6) is 0 Å². The molecule has 2 heterocycles. The first-order chi connectivity index (χ1) is 43.6. The van der Waals surface area contributed by atoms with E-state index in [0.717, 1.165) is 83.5 Å². The van der Waals surface area contributed by atoms with Gasteiger partial charge in [0.1, 0.15) is 48.8 Å². The predicted octanol–water partition coefficient (Wildman–Crippen LogP) is 14.7. The number of rotatable bonds is 57. The molecule has 0 aromatic carbocycles. The Morgan fingerprint density at radius 1 is 0.416 bits per heavy atom. The van der Waals surface area contributed by atoms with Crippen molar-refractivity contribution in [3.63, 3.8) is 0 Å². The highest BCUT2D eigenvalue weighted by molar-refractivity contribution is 5.76. The summed E-state index contributed by atoms with van der Waals surface area (Å²) in [4.78, 5) is 13.3. The largest absolute Gasteiger partial charge is 0.394 e. The summed E-state index contributed by atoms with van der Waals surface area (Å²) in [7, 11) is 0. The maximum absolute atomic E-state index is 13.3. The van der Waals surface area contributed by atoms with Gasteiger partial charge in [-0.3, -0.25) is 4.79 Å². The average molecular weight is 1250 g/mol. The molecule has 0 aliphatic carbocycles. The first-order valence-electron chi connectivity index (χ1n) is 35.6. The summed E-state index contributed by atoms with van der Waals surface area (Å²) in [6.45, 7) is 2.68. The zero-order chi connectivity index (χ0) is 64.5. The van der Waals surface area contributed by atoms with Crippen LogP contribution in [0.1, 0.15) is 264 Å². The Morgan fingerprint density at radius 3 is 1.24 bits per heavy atom. The van der Waals surface area contributed by atoms with Crippen molar-refractivity contribution < 1.29 is 64.6 Å². The highest BCUT2D eigenvalue weighted by atomic mass is 16.7. The molecule has 1 amide bonds. The van der Waals surface area contributed by atoms with Gasteiger partial charge in [0.25, 0.3) is 0 Å². The van der Waals surface area contributed by atoms with Crippen LogP contribution in [0, 0.1) is 0 Å². The molecule has 2 rings (SSSR count). The molecule has 0 spiro atoms. The summed E-state index contributed by atoms with van der Waals surface area (Å²) >= 11 is 0. The van der Waals surface area contributed by atoms with Gasteiger partial charge in [-0.25, -0.2) is 0 Å². The predicted molar refractivity (Wildman–Crippen MR) is 364 cm³/mol. The van der Waals surface area contributed by atoms with Crippen LogP contribution < -0.4 is 5.32 Å². The van der Waals surface area contributed by atoms with Gasteiger partial charge in [-0.2, -0.15) is 0 Å². The maximum Gasteiger partial charge on any atom is 0.220 e. The van der Waals surface area contributed by atoms with Crippen LogP contribution in [0.15, 0.2) is 109 Å². The number of amides is 1. The molecule has 12 unspecified atom stereocenters. The second-order valence-corrected chi connectivity index (χ2v) is 24.6. The summed E-state index contributed by atoms with van der Waals surface area (Å²) in [5.74, 6) is -0.253. The average Bonchev–Trinajstić information content (AvgIpc) is 3.62. The zero-order valence-electron chi connectivity index (χ0n) is 55.6. The third-order valence-corrected chi connectivity index (χ3v) is 16.7. The van der Waals surface area contributed by atoms with E-state index in [9.17, 15) is 45.6 Å². The topological polar surface area (TPSA) is 228 Å². The van der Waals surface area contributed by atoms with Gasteiger partial charge in [0, 0.05) is 6.42 Å². The Morgan fingerprint density at radius 2 is 0.787 bits per heavy atom. The minimum absolute atomic E-state index is 0.253. The first-order valence-corrected chi connectivity index (χ1v) is 35.6. The van der Waals surface area contributed by atoms with Crippen molar-refractivity contribution in [3.8, 4) is 0 Å². The summed E-state index contributed by atoms with van der Waals surface area (Å²) < 4.78 is 22.8. The highest BCUT2D eigenvalue weighted by Gasteiger charge is 2.51. The lowest BCUT2D eigenvalue weighted by atomic mass is 9.97. The molecule has 0 aromatic heterocycles. The van der Waals surface area contributed by atoms with Crippen molar-refractivity contribution in [2.75, 3.05) is 19.8 Å². The molecule has 2 saturated heterocycles. The van der Waals surface area contributed by atoms with Crippen LogP contribution in [0.2, 0.25) is 0 Å². The molecule has 89 heavy (non-hydrogen) atoms. The smallest absolute Gasteiger partial charge is 0.220 e. The fraction of sp³-hybridized carbons (Fsp3) is 0.747. The zero-order valence-corrected chi connectivity index (χ0v) is 55.6. The molecule has 14 heteroatoms. The summed E-state index contributed by atoms with van der Waals surface area (Å²) in [6.07, 6.45) is 67.1. The van der Waals surface area contributed by atoms with Gasteiger partial charge >= 0.3 is 0 Å². The SMILES string of the molecule is CC/C=C\C/C=C\C/C=C\C/C=C\C/C=C\C/C=C\C/C=C\CCCCCCCCCCCCCCCC(=O)NC(COC1OC(CO)C(OC2OC(CO)C(O)C(O)C2O)C(O)C1O)C(O)/C=C/CC/C=C/CCCCCCCCCCCCCCCC. The van der Waals surface area contributed by atoms with Gasteiger partial charge in [0.2, 0.25) is 5.91 Å². The molecule has 12 atom stereocenters. The number of carbonyl (C=O) groups is 1. The second-order valence-electron chi connectivity index (χ2n) is 24.6. The highest BCUT2D eigenvalue weighted by Crippen LogP contribution is 2.30. The number of unbranched alkanes of at least 4 members (excludes halogenated alkanes) is 28. The molecule has 0 aromatic rings. The standard InChI is InChI=1S/C75H129NO13/c1-3-5-7-9-11-13-15-17-19-21-23-25-26-27-28-29-30-31-32-33-34-35-36-37-38-39-41-43-45-47-49-51-53-55-57-59-67(80)76-63(64(79)58-56-54-52-50-48-46-44-42-40-24-22-20-18-16-14-12-10-8-6-4-2)62-86-74-72(85)70(83)73(66(61-78)88-74)89-75-71(84)69(82)68(81)65(60-77)87-75/h5,7,11,13,17,19,23,25,27-28,30-31,33-34,48,50,56,58,63-66,68-75,77-79,81-85H,3-4,6,8-10,12,14-16,18,20-22,24,26,29,32,35-47,49,51-55,57,59-62H2,1-2H3,(H,76,80)/b7-5-,13-11-,19-17-,25-23-,28-27-,31-30-,34-33-,50-48+,58-56+. The number of ether oxygens (including phenoxy) is 4. The van der Waals surface area contributed by atoms with Crippen LogP contribution in [0.25, 0.3) is 0 Å². The molecular weight excluding hydrogens is 1120 g/mol. The third-order valence-electron chi connectivity index (χ3n) is 16.7. The van der Waals surface area contributed by atoms with Crippen molar-refractivity contribution in [3.05, 3.63) is 109 Å². The number of nitrogens with one attached hydrogen (secondary N) is 1. The van der Waals surface area contributed by atoms with Crippen molar-refractivity contribution in [1.82, 2.24) is 5.32 Å². The number of hydrogen-bond acceptors (Lipinski definition) is 13. The quantitative estimate of drug-likeness (QED) is 0.0204. The van der Waals surface area contributed by atoms with Crippen LogP contribution in [-0.4, -0.2) is 140 Å². The normalized spacial score (nSPS) is 23.7. The molecule has 512 valence electrons. The number of aliphatic hydroxyl groups is 8. The number of hydrogen-bond donors (Lipinski definition) is 9. The molecule has 2 aliphatic heterocycles. The van der Waals surface area contributed by atoms with E-state index < -0.39 is 86.8 Å². The number of aliphatic hydroxyl groups excluding tert-OH is 8. The molecule has 2 fully saturated rings. The van der Waals surface area contributed by atoms with Crippen molar-refractivity contribution in [1.29, 1.82) is 0 Å². The van der Waals surface area contributed by atoms with Crippen LogP contribution >= 0.6 is 0 Å². The maximum atomic E-state index is 13.3. The van der Waals surface area contributed by atoms with E-state index >= 15 is 0 Å². The first kappa shape index (κ1) is 81.7. The van der Waals surface area contributed by atoms with E-state index in [1.165, 1.54) is 148 Å². The lowest BCUT2D eigenvalue weighted by molar-refractivity contribution is -0.359. The minimum Gasteiger partial charge on any atom is -0.394 e. The Labute approximate surface area is 540 Å². The fourth-order valence-electron chi connectivity index (χ4n) is 11.1. The van der Waals surface area contributed by atoms with Gasteiger partial charge in [0.05, 0.1) is 32.0 Å². The Kier molecular flexibility index (Phi) is 53.7. The van der Waals surface area contributed by atoms with Crippen molar-refractivity contribution in [2.24, 2.45) is 0 Å². The summed E-state index contributed by atoms with van der Waals surface area (Å²) in [5.41, 5.74) is 0. The summed E-state index contributed by atoms with van der Waals surface area (Å²) in [6, 6.07) is -0.939. The molecule has 9 N–H and O–H groups in total. The van der Waals surface area contributed by atoms with Gasteiger partial charge in [0.15, 0.2) is 12.6 Å². The van der Waals surface area contributed by atoms with E-state index in [1.54, 1.807) is 6.08 Å². The lowest BCUT2D eigenvalue weighted by Gasteiger charge is -2.46. The number of carbonyl (C=O) groups excluding carboxylic acids is 1. The molecule has 14 nitrogen and oxygen atoms in total. The minimum atomic E-state index is -1.80. The van der Waals surface area contributed by atoms with Crippen LogP contribution in [-0.2, 0) is 23.7 Å². The van der Waals surface area contributed by atoms with Gasteiger partial charge in [-0.05, 0) is 89.9 Å². The number of allylic oxidation sites excluding steroid dienone is 17. The van der Waals surface area contributed by atoms with E-state index in [2.05, 4.69) is 116 Å². The van der Waals surface area contributed by atoms with E-state index in [0.29, 0.717) is 12.8 Å². The van der Waals surface area contributed by atoms with E-state index in [-0.39, 0.29) is 18.9 Å². The van der Waals surface area contributed by atoms with Gasteiger partial charge in [-0.1, -0.05) is 277 Å². The summed E-state index contributed by atoms with van der Waals surface area (Å²) in [5, 5.41) is 87.4. The molecule has 0 radical (unpaired) electrons. The Hall–Kier alpha value is -3.35.